The Bertz CT molecular complexity index is 628. The first-order chi connectivity index (χ1) is 11.1. The molecule has 124 valence electrons. The van der Waals surface area contributed by atoms with Gasteiger partial charge in [0, 0.05) is 6.54 Å². The zero-order chi connectivity index (χ0) is 16.8. The Kier molecular flexibility index (Phi) is 6.47. The lowest BCUT2D eigenvalue weighted by Crippen LogP contribution is -2.28. The molecule has 1 aromatic carbocycles. The van der Waals surface area contributed by atoms with Gasteiger partial charge in [-0.25, -0.2) is 0 Å². The van der Waals surface area contributed by atoms with Crippen LogP contribution in [-0.2, 0) is 4.79 Å². The molecular weight excluding hydrogens is 330 g/mol. The average Bonchev–Trinajstić information content (AvgIpc) is 2.78. The van der Waals surface area contributed by atoms with Crippen LogP contribution in [0.4, 0.5) is 0 Å². The van der Waals surface area contributed by atoms with E-state index in [1.807, 2.05) is 6.92 Å². The number of phenols is 1. The van der Waals surface area contributed by atoms with Gasteiger partial charge in [-0.2, -0.15) is 0 Å². The van der Waals surface area contributed by atoms with Crippen LogP contribution >= 0.6 is 24.0 Å². The number of aromatic hydroxyl groups is 1. The summed E-state index contributed by atoms with van der Waals surface area (Å²) in [5.41, 5.74) is 0.806. The second-order valence-electron chi connectivity index (χ2n) is 5.20. The molecule has 1 aliphatic heterocycles. The van der Waals surface area contributed by atoms with Crippen LogP contribution in [0.5, 0.6) is 11.5 Å². The molecule has 4 nitrogen and oxygen atoms in total. The van der Waals surface area contributed by atoms with Gasteiger partial charge >= 0.3 is 0 Å². The van der Waals surface area contributed by atoms with Crippen molar-refractivity contribution in [3.05, 3.63) is 28.7 Å². The van der Waals surface area contributed by atoms with Crippen LogP contribution in [0.1, 0.15) is 38.7 Å². The average molecular weight is 351 g/mol. The smallest absolute Gasteiger partial charge is 0.266 e. The lowest BCUT2D eigenvalue weighted by atomic mass is 10.2. The second kappa shape index (κ2) is 8.36. The molecule has 0 spiro atoms. The predicted octanol–water partition coefficient (Wildman–Crippen LogP) is 4.18. The van der Waals surface area contributed by atoms with Gasteiger partial charge < -0.3 is 9.84 Å². The number of unbranched alkanes of at least 4 members (excludes halogenated alkanes) is 2. The zero-order valence-electron chi connectivity index (χ0n) is 13.4. The number of thioether (sulfide) groups is 1. The van der Waals surface area contributed by atoms with Crippen molar-refractivity contribution in [2.24, 2.45) is 0 Å². The molecular formula is C17H21NO3S2. The molecule has 0 radical (unpaired) electrons. The van der Waals surface area contributed by atoms with Crippen molar-refractivity contribution < 1.29 is 14.6 Å². The lowest BCUT2D eigenvalue weighted by Gasteiger charge is -2.13. The highest BCUT2D eigenvalue weighted by atomic mass is 32.2. The van der Waals surface area contributed by atoms with Crippen LogP contribution in [0.25, 0.3) is 6.08 Å². The van der Waals surface area contributed by atoms with Gasteiger partial charge in [-0.3, -0.25) is 9.69 Å². The van der Waals surface area contributed by atoms with E-state index in [1.165, 1.54) is 11.8 Å². The molecule has 23 heavy (non-hydrogen) atoms. The monoisotopic (exact) mass is 351 g/mol. The molecule has 0 unspecified atom stereocenters. The summed E-state index contributed by atoms with van der Waals surface area (Å²) in [4.78, 5) is 14.7. The molecule has 0 bridgehead atoms. The topological polar surface area (TPSA) is 49.8 Å². The number of rotatable bonds is 7. The Morgan fingerprint density at radius 3 is 2.83 bits per heavy atom. The fourth-order valence-corrected chi connectivity index (χ4v) is 3.56. The van der Waals surface area contributed by atoms with Gasteiger partial charge in [0.2, 0.25) is 0 Å². The number of nitrogens with zero attached hydrogens (tertiary/aromatic N) is 1. The molecule has 6 heteroatoms. The Hall–Kier alpha value is -1.53. The third kappa shape index (κ3) is 4.48. The fraction of sp³-hybridized carbons (Fsp3) is 0.412. The Morgan fingerprint density at radius 2 is 2.13 bits per heavy atom. The van der Waals surface area contributed by atoms with E-state index in [0.717, 1.165) is 24.8 Å². The predicted molar refractivity (Wildman–Crippen MR) is 98.7 cm³/mol. The number of hydrogen-bond acceptors (Lipinski definition) is 5. The maximum Gasteiger partial charge on any atom is 0.266 e. The van der Waals surface area contributed by atoms with Crippen molar-refractivity contribution in [1.29, 1.82) is 0 Å². The Morgan fingerprint density at radius 1 is 1.35 bits per heavy atom. The summed E-state index contributed by atoms with van der Waals surface area (Å²) in [5.74, 6) is 0.470. The first-order valence-corrected chi connectivity index (χ1v) is 9.00. The van der Waals surface area contributed by atoms with Gasteiger partial charge in [0.1, 0.15) is 4.32 Å². The standard InChI is InChI=1S/C17H21NO3S2/c1-3-5-6-9-18-16(20)15(23-17(18)22)11-12-7-8-13(19)14(10-12)21-4-2/h7-8,10-11,19H,3-6,9H2,1-2H3/b15-11-. The molecule has 0 atom stereocenters. The molecule has 2 rings (SSSR count). The van der Waals surface area contributed by atoms with Crippen LogP contribution in [-0.4, -0.2) is 33.4 Å². The van der Waals surface area contributed by atoms with Gasteiger partial charge in [-0.1, -0.05) is 49.8 Å². The van der Waals surface area contributed by atoms with Crippen LogP contribution in [0, 0.1) is 0 Å². The van der Waals surface area contributed by atoms with Crippen molar-refractivity contribution in [3.8, 4) is 11.5 Å². The summed E-state index contributed by atoms with van der Waals surface area (Å²) in [6.45, 7) is 5.13. The minimum atomic E-state index is -0.0397. The van der Waals surface area contributed by atoms with E-state index in [4.69, 9.17) is 17.0 Å². The number of carbonyl (C=O) groups is 1. The van der Waals surface area contributed by atoms with Crippen molar-refractivity contribution in [3.63, 3.8) is 0 Å². The highest BCUT2D eigenvalue weighted by Gasteiger charge is 2.31. The quantitative estimate of drug-likeness (QED) is 0.454. The summed E-state index contributed by atoms with van der Waals surface area (Å²) < 4.78 is 5.98. The van der Waals surface area contributed by atoms with E-state index in [2.05, 4.69) is 6.92 Å². The van der Waals surface area contributed by atoms with Gasteiger partial charge in [0.15, 0.2) is 11.5 Å². The Balaban J connectivity index is 2.15. The van der Waals surface area contributed by atoms with Crippen LogP contribution < -0.4 is 4.74 Å². The third-order valence-electron chi connectivity index (χ3n) is 3.44. The van der Waals surface area contributed by atoms with Crippen LogP contribution in [0.3, 0.4) is 0 Å². The number of ether oxygens (including phenoxy) is 1. The first-order valence-electron chi connectivity index (χ1n) is 7.78. The normalized spacial score (nSPS) is 16.4. The molecule has 1 heterocycles. The van der Waals surface area contributed by atoms with Gasteiger partial charge in [0.25, 0.3) is 5.91 Å². The summed E-state index contributed by atoms with van der Waals surface area (Å²) in [5, 5.41) is 9.74. The van der Waals surface area contributed by atoms with Crippen LogP contribution in [0.15, 0.2) is 23.1 Å². The SMILES string of the molecule is CCCCCN1C(=O)/C(=C/c2ccc(O)c(OCC)c2)SC1=S. The largest absolute Gasteiger partial charge is 0.504 e. The number of carbonyl (C=O) groups excluding carboxylic acids is 1. The van der Waals surface area contributed by atoms with E-state index in [-0.39, 0.29) is 11.7 Å². The molecule has 1 fully saturated rings. The summed E-state index contributed by atoms with van der Waals surface area (Å²) in [7, 11) is 0. The van der Waals surface area contributed by atoms with Gasteiger partial charge in [-0.05, 0) is 37.1 Å². The van der Waals surface area contributed by atoms with Gasteiger partial charge in [0.05, 0.1) is 11.5 Å². The van der Waals surface area contributed by atoms with E-state index >= 15 is 0 Å². The maximum absolute atomic E-state index is 12.5. The van der Waals surface area contributed by atoms with Crippen molar-refractivity contribution in [2.75, 3.05) is 13.2 Å². The highest BCUT2D eigenvalue weighted by Crippen LogP contribution is 2.34. The number of phenolic OH excluding ortho intramolecular Hbond substituents is 1. The van der Waals surface area contributed by atoms with E-state index in [9.17, 15) is 9.90 Å². The molecule has 1 N–H and O–H groups in total. The summed E-state index contributed by atoms with van der Waals surface area (Å²) >= 11 is 6.63. The molecule has 0 saturated carbocycles. The minimum Gasteiger partial charge on any atom is -0.504 e. The molecule has 0 aromatic heterocycles. The third-order valence-corrected chi connectivity index (χ3v) is 4.82. The first kappa shape index (κ1) is 17.8. The van der Waals surface area contributed by atoms with Crippen molar-refractivity contribution in [2.45, 2.75) is 33.1 Å². The second-order valence-corrected chi connectivity index (χ2v) is 6.88. The van der Waals surface area contributed by atoms with E-state index in [1.54, 1.807) is 29.2 Å². The molecule has 0 aliphatic carbocycles. The summed E-state index contributed by atoms with van der Waals surface area (Å²) in [6.07, 6.45) is 4.95. The summed E-state index contributed by atoms with van der Waals surface area (Å²) in [6, 6.07) is 5.04. The minimum absolute atomic E-state index is 0.0397. The molecule has 1 aliphatic rings. The maximum atomic E-state index is 12.5. The fourth-order valence-electron chi connectivity index (χ4n) is 2.26. The highest BCUT2D eigenvalue weighted by molar-refractivity contribution is 8.26. The van der Waals surface area contributed by atoms with Crippen molar-refractivity contribution >= 4 is 40.3 Å². The zero-order valence-corrected chi connectivity index (χ0v) is 15.0. The number of thiocarbonyl (C=S) groups is 1. The Labute approximate surface area is 146 Å². The molecule has 1 saturated heterocycles. The van der Waals surface area contributed by atoms with E-state index in [0.29, 0.717) is 28.1 Å². The lowest BCUT2D eigenvalue weighted by molar-refractivity contribution is -0.122. The number of benzene rings is 1. The number of amides is 1. The van der Waals surface area contributed by atoms with E-state index < -0.39 is 0 Å². The van der Waals surface area contributed by atoms with Crippen LogP contribution in [0.2, 0.25) is 0 Å². The molecule has 1 amide bonds. The molecule has 1 aromatic rings. The van der Waals surface area contributed by atoms with Gasteiger partial charge in [-0.15, -0.1) is 0 Å². The van der Waals surface area contributed by atoms with Crippen molar-refractivity contribution in [1.82, 2.24) is 4.90 Å². The number of hydrogen-bond donors (Lipinski definition) is 1.